The Morgan fingerprint density at radius 2 is 1.94 bits per heavy atom. The SMILES string of the molecule is C[N+](C)=C1N(/N=C(\[O-])C(F)(F)F)C(=O)NC1(C)C. The Hall–Kier alpha value is -1.80. The van der Waals surface area contributed by atoms with E-state index in [0.717, 1.165) is 0 Å². The van der Waals surface area contributed by atoms with E-state index in [4.69, 9.17) is 0 Å². The van der Waals surface area contributed by atoms with Crippen molar-refractivity contribution in [1.82, 2.24) is 10.3 Å². The molecule has 0 saturated carbocycles. The number of hydrogen-bond acceptors (Lipinski definition) is 3. The molecule has 1 fully saturated rings. The molecule has 0 aromatic heterocycles. The Labute approximate surface area is 101 Å². The van der Waals surface area contributed by atoms with E-state index >= 15 is 0 Å². The fourth-order valence-corrected chi connectivity index (χ4v) is 1.73. The van der Waals surface area contributed by atoms with Gasteiger partial charge in [0.2, 0.25) is 0 Å². The summed E-state index contributed by atoms with van der Waals surface area (Å²) in [5, 5.41) is 16.5. The van der Waals surface area contributed by atoms with Crippen molar-refractivity contribution in [2.24, 2.45) is 5.10 Å². The summed E-state index contributed by atoms with van der Waals surface area (Å²) in [6, 6.07) is -0.874. The number of nitrogens with one attached hydrogen (secondary N) is 1. The number of halogens is 3. The van der Waals surface area contributed by atoms with E-state index in [2.05, 4.69) is 10.4 Å². The van der Waals surface area contributed by atoms with E-state index in [1.165, 1.54) is 18.7 Å². The molecule has 1 aliphatic heterocycles. The number of rotatable bonds is 1. The van der Waals surface area contributed by atoms with Gasteiger partial charge >= 0.3 is 18.0 Å². The molecule has 0 aromatic rings. The number of hydrogen-bond donors (Lipinski definition) is 1. The van der Waals surface area contributed by atoms with Crippen LogP contribution in [0.4, 0.5) is 18.0 Å². The van der Waals surface area contributed by atoms with Crippen LogP contribution in [0.5, 0.6) is 0 Å². The summed E-state index contributed by atoms with van der Waals surface area (Å²) in [5.74, 6) is -2.17. The Bertz CT molecular complexity index is 436. The van der Waals surface area contributed by atoms with Gasteiger partial charge in [0.05, 0.1) is 14.1 Å². The van der Waals surface area contributed by atoms with Crippen LogP contribution in [0.15, 0.2) is 5.10 Å². The van der Waals surface area contributed by atoms with E-state index in [1.54, 1.807) is 13.8 Å². The van der Waals surface area contributed by atoms with Gasteiger partial charge in [-0.25, -0.2) is 4.79 Å². The molecule has 0 aliphatic carbocycles. The zero-order valence-corrected chi connectivity index (χ0v) is 10.3. The molecule has 1 aliphatic rings. The van der Waals surface area contributed by atoms with Crippen LogP contribution in [-0.4, -0.2) is 53.2 Å². The van der Waals surface area contributed by atoms with Gasteiger partial charge in [-0.1, -0.05) is 5.10 Å². The first-order valence-corrected chi connectivity index (χ1v) is 4.96. The molecule has 1 rings (SSSR count). The van der Waals surface area contributed by atoms with Gasteiger partial charge in [-0.15, -0.1) is 0 Å². The lowest BCUT2D eigenvalue weighted by Crippen LogP contribution is -2.45. The quantitative estimate of drug-likeness (QED) is 0.402. The van der Waals surface area contributed by atoms with Crippen molar-refractivity contribution in [2.45, 2.75) is 25.6 Å². The number of carbonyl (C=O) groups excluding carboxylic acids is 1. The molecule has 6 nitrogen and oxygen atoms in total. The number of nitrogens with zero attached hydrogens (tertiary/aromatic N) is 3. The molecule has 1 saturated heterocycles. The van der Waals surface area contributed by atoms with Crippen molar-refractivity contribution in [3.63, 3.8) is 0 Å². The smallest absolute Gasteiger partial charge is 0.435 e. The summed E-state index contributed by atoms with van der Waals surface area (Å²) in [5.41, 5.74) is -0.907. The highest BCUT2D eigenvalue weighted by atomic mass is 19.4. The third-order valence-corrected chi connectivity index (χ3v) is 2.23. The van der Waals surface area contributed by atoms with Crippen molar-refractivity contribution in [1.29, 1.82) is 0 Å². The molecule has 0 unspecified atom stereocenters. The van der Waals surface area contributed by atoms with Gasteiger partial charge < -0.3 is 5.11 Å². The van der Waals surface area contributed by atoms with Gasteiger partial charge in [0, 0.05) is 0 Å². The predicted octanol–water partition coefficient (Wildman–Crippen LogP) is -0.303. The largest absolute Gasteiger partial charge is 0.853 e. The number of amidine groups is 1. The Kier molecular flexibility index (Phi) is 3.28. The summed E-state index contributed by atoms with van der Waals surface area (Å²) in [7, 11) is 3.08. The van der Waals surface area contributed by atoms with Gasteiger partial charge in [0.15, 0.2) is 0 Å². The molecule has 102 valence electrons. The molecule has 0 bridgehead atoms. The van der Waals surface area contributed by atoms with E-state index in [9.17, 15) is 23.1 Å². The number of hydrazone groups is 1. The minimum Gasteiger partial charge on any atom is -0.853 e. The van der Waals surface area contributed by atoms with E-state index in [1.807, 2.05) is 0 Å². The highest BCUT2D eigenvalue weighted by Gasteiger charge is 2.51. The maximum Gasteiger partial charge on any atom is 0.435 e. The molecule has 18 heavy (non-hydrogen) atoms. The third kappa shape index (κ3) is 2.54. The Morgan fingerprint density at radius 1 is 1.44 bits per heavy atom. The van der Waals surface area contributed by atoms with Crippen LogP contribution in [0, 0.1) is 0 Å². The van der Waals surface area contributed by atoms with Crippen LogP contribution in [0.3, 0.4) is 0 Å². The van der Waals surface area contributed by atoms with Gasteiger partial charge in [0.1, 0.15) is 11.4 Å². The van der Waals surface area contributed by atoms with Gasteiger partial charge in [0.25, 0.3) is 0 Å². The van der Waals surface area contributed by atoms with Gasteiger partial charge in [-0.3, -0.25) is 9.89 Å². The lowest BCUT2D eigenvalue weighted by Gasteiger charge is -2.16. The van der Waals surface area contributed by atoms with Crippen molar-refractivity contribution in [3.05, 3.63) is 0 Å². The molecule has 0 radical (unpaired) electrons. The molecule has 9 heteroatoms. The van der Waals surface area contributed by atoms with Gasteiger partial charge in [-0.05, 0) is 18.9 Å². The van der Waals surface area contributed by atoms with E-state index in [-0.39, 0.29) is 5.84 Å². The monoisotopic (exact) mass is 266 g/mol. The lowest BCUT2D eigenvalue weighted by molar-refractivity contribution is -0.471. The zero-order valence-electron chi connectivity index (χ0n) is 10.3. The minimum absolute atomic E-state index is 0.158. The van der Waals surface area contributed by atoms with Crippen molar-refractivity contribution in [3.8, 4) is 0 Å². The number of urea groups is 1. The summed E-state index contributed by atoms with van der Waals surface area (Å²) in [6.45, 7) is 3.18. The minimum atomic E-state index is -5.11. The third-order valence-electron chi connectivity index (χ3n) is 2.23. The highest BCUT2D eigenvalue weighted by molar-refractivity contribution is 6.07. The van der Waals surface area contributed by atoms with Gasteiger partial charge in [-0.2, -0.15) is 13.2 Å². The second kappa shape index (κ2) is 4.14. The Balaban J connectivity index is 3.25. The molecule has 0 atom stereocenters. The first-order valence-electron chi connectivity index (χ1n) is 4.96. The second-order valence-corrected chi connectivity index (χ2v) is 4.49. The fourth-order valence-electron chi connectivity index (χ4n) is 1.73. The normalized spacial score (nSPS) is 20.2. The molecule has 0 spiro atoms. The van der Waals surface area contributed by atoms with Crippen LogP contribution in [-0.2, 0) is 0 Å². The van der Waals surface area contributed by atoms with Crippen LogP contribution in [0.1, 0.15) is 13.8 Å². The first-order chi connectivity index (χ1) is 7.97. The number of alkyl halides is 3. The summed E-state index contributed by atoms with van der Waals surface area (Å²) in [4.78, 5) is 11.5. The van der Waals surface area contributed by atoms with E-state index in [0.29, 0.717) is 5.01 Å². The molecule has 0 aromatic carbocycles. The second-order valence-electron chi connectivity index (χ2n) is 4.49. The zero-order chi connectivity index (χ0) is 14.3. The number of carbonyl (C=O) groups is 1. The standard InChI is InChI=1S/C9H13F3N4O2/c1-8(2)6(15(3)4)16(7(18)13-8)14-5(17)9(10,11)12/h1-4H3,(H-,13,14,17,18). The predicted molar refractivity (Wildman–Crippen MR) is 55.1 cm³/mol. The van der Waals surface area contributed by atoms with Crippen LogP contribution in [0.25, 0.3) is 0 Å². The van der Waals surface area contributed by atoms with Crippen molar-refractivity contribution >= 4 is 17.8 Å². The maximum atomic E-state index is 12.1. The van der Waals surface area contributed by atoms with Crippen LogP contribution in [0.2, 0.25) is 0 Å². The summed E-state index contributed by atoms with van der Waals surface area (Å²) < 4.78 is 37.8. The topological polar surface area (TPSA) is 70.8 Å². The lowest BCUT2D eigenvalue weighted by atomic mass is 10.1. The van der Waals surface area contributed by atoms with Crippen molar-refractivity contribution in [2.75, 3.05) is 14.1 Å². The van der Waals surface area contributed by atoms with E-state index < -0.39 is 23.6 Å². The summed E-state index contributed by atoms with van der Waals surface area (Å²) in [6.07, 6.45) is -5.11. The summed E-state index contributed by atoms with van der Waals surface area (Å²) >= 11 is 0. The average Bonchev–Trinajstić information content (AvgIpc) is 2.34. The Morgan fingerprint density at radius 3 is 2.33 bits per heavy atom. The number of amides is 2. The maximum absolute atomic E-state index is 12.1. The molecule has 2 amide bonds. The highest BCUT2D eigenvalue weighted by Crippen LogP contribution is 2.20. The van der Waals surface area contributed by atoms with Crippen LogP contribution >= 0.6 is 0 Å². The van der Waals surface area contributed by atoms with Crippen molar-refractivity contribution < 1.29 is 27.6 Å². The molecule has 1 N–H and O–H groups in total. The molecular formula is C9H13F3N4O2. The fraction of sp³-hybridized carbons (Fsp3) is 0.667. The van der Waals surface area contributed by atoms with Crippen LogP contribution < -0.4 is 10.4 Å². The average molecular weight is 266 g/mol. The molecular weight excluding hydrogens is 253 g/mol. The first kappa shape index (κ1) is 14.3. The molecule has 1 heterocycles.